The van der Waals surface area contributed by atoms with Crippen LogP contribution in [0.25, 0.3) is 0 Å². The third-order valence-electron chi connectivity index (χ3n) is 3.97. The van der Waals surface area contributed by atoms with E-state index in [1.807, 2.05) is 0 Å². The van der Waals surface area contributed by atoms with Gasteiger partial charge in [-0.05, 0) is 6.42 Å². The number of thiazole rings is 1. The Hall–Kier alpha value is -2.16. The fourth-order valence-electron chi connectivity index (χ4n) is 2.47. The molecule has 4 amide bonds. The summed E-state index contributed by atoms with van der Waals surface area (Å²) < 4.78 is 0. The Balaban J connectivity index is 1.78. The van der Waals surface area contributed by atoms with Crippen molar-refractivity contribution < 1.29 is 14.4 Å². The molecule has 8 nitrogen and oxygen atoms in total. The SMILES string of the molecule is CCCCNC(=O)Cc1csc(NC(=O)N2CCN(C(C)=O)CC2)n1. The standard InChI is InChI=1S/C16H25N5O3S/c1-3-4-5-17-14(23)10-13-11-25-15(18-13)19-16(24)21-8-6-20(7-9-21)12(2)22/h11H,3-10H2,1-2H3,(H,17,23)(H,18,19,24). The van der Waals surface area contributed by atoms with Crippen LogP contribution in [0.3, 0.4) is 0 Å². The molecule has 0 aliphatic carbocycles. The van der Waals surface area contributed by atoms with Gasteiger partial charge < -0.3 is 15.1 Å². The van der Waals surface area contributed by atoms with E-state index in [1.54, 1.807) is 15.2 Å². The van der Waals surface area contributed by atoms with Crippen molar-refractivity contribution in [3.63, 3.8) is 0 Å². The third kappa shape index (κ3) is 6.00. The number of unbranched alkanes of at least 4 members (excludes halogenated alkanes) is 1. The maximum absolute atomic E-state index is 12.2. The van der Waals surface area contributed by atoms with Crippen molar-refractivity contribution in [1.29, 1.82) is 0 Å². The summed E-state index contributed by atoms with van der Waals surface area (Å²) in [6.45, 7) is 6.38. The van der Waals surface area contributed by atoms with Crippen molar-refractivity contribution in [1.82, 2.24) is 20.1 Å². The van der Waals surface area contributed by atoms with Crippen molar-refractivity contribution in [3.8, 4) is 0 Å². The lowest BCUT2D eigenvalue weighted by molar-refractivity contribution is -0.130. The van der Waals surface area contributed by atoms with Gasteiger partial charge in [0, 0.05) is 45.0 Å². The Labute approximate surface area is 151 Å². The molecule has 2 heterocycles. The van der Waals surface area contributed by atoms with Gasteiger partial charge in [-0.1, -0.05) is 13.3 Å². The second-order valence-electron chi connectivity index (χ2n) is 5.95. The summed E-state index contributed by atoms with van der Waals surface area (Å²) in [7, 11) is 0. The number of rotatable bonds is 6. The van der Waals surface area contributed by atoms with E-state index < -0.39 is 0 Å². The maximum Gasteiger partial charge on any atom is 0.323 e. The van der Waals surface area contributed by atoms with Gasteiger partial charge in [0.15, 0.2) is 5.13 Å². The van der Waals surface area contributed by atoms with E-state index in [9.17, 15) is 14.4 Å². The van der Waals surface area contributed by atoms with Gasteiger partial charge in [0.05, 0.1) is 12.1 Å². The second kappa shape index (κ2) is 9.36. The number of anilines is 1. The molecule has 0 aromatic carbocycles. The summed E-state index contributed by atoms with van der Waals surface area (Å²) in [5.74, 6) is -0.0289. The van der Waals surface area contributed by atoms with Crippen LogP contribution < -0.4 is 10.6 Å². The number of hydrogen-bond acceptors (Lipinski definition) is 5. The fraction of sp³-hybridized carbons (Fsp3) is 0.625. The van der Waals surface area contributed by atoms with Crippen LogP contribution in [0.2, 0.25) is 0 Å². The Morgan fingerprint density at radius 2 is 1.88 bits per heavy atom. The predicted octanol–water partition coefficient (Wildman–Crippen LogP) is 1.30. The fourth-order valence-corrected chi connectivity index (χ4v) is 3.17. The number of carbonyl (C=O) groups excluding carboxylic acids is 3. The summed E-state index contributed by atoms with van der Waals surface area (Å²) in [5, 5.41) is 7.87. The molecule has 0 bridgehead atoms. The van der Waals surface area contributed by atoms with Gasteiger partial charge >= 0.3 is 6.03 Å². The molecule has 1 saturated heterocycles. The van der Waals surface area contributed by atoms with E-state index in [0.717, 1.165) is 12.8 Å². The molecule has 2 rings (SSSR count). The highest BCUT2D eigenvalue weighted by molar-refractivity contribution is 7.13. The first-order chi connectivity index (χ1) is 12.0. The minimum absolute atomic E-state index is 0.0295. The summed E-state index contributed by atoms with van der Waals surface area (Å²) in [6.07, 6.45) is 2.21. The van der Waals surface area contributed by atoms with Gasteiger partial charge in [-0.15, -0.1) is 11.3 Å². The van der Waals surface area contributed by atoms with Gasteiger partial charge in [-0.3, -0.25) is 14.9 Å². The number of carbonyl (C=O) groups is 3. The van der Waals surface area contributed by atoms with Crippen LogP contribution in [0.15, 0.2) is 5.38 Å². The maximum atomic E-state index is 12.2. The molecule has 1 aliphatic heterocycles. The quantitative estimate of drug-likeness (QED) is 0.741. The minimum Gasteiger partial charge on any atom is -0.356 e. The van der Waals surface area contributed by atoms with Crippen molar-refractivity contribution in [2.45, 2.75) is 33.1 Å². The van der Waals surface area contributed by atoms with Crippen molar-refractivity contribution in [2.24, 2.45) is 0 Å². The molecule has 1 aromatic heterocycles. The molecule has 0 saturated carbocycles. The first-order valence-electron chi connectivity index (χ1n) is 8.52. The highest BCUT2D eigenvalue weighted by atomic mass is 32.1. The first-order valence-corrected chi connectivity index (χ1v) is 9.40. The Bertz CT molecular complexity index is 611. The molecule has 1 fully saturated rings. The van der Waals surface area contributed by atoms with E-state index in [1.165, 1.54) is 18.3 Å². The van der Waals surface area contributed by atoms with Crippen LogP contribution in [-0.4, -0.2) is 65.4 Å². The van der Waals surface area contributed by atoms with Gasteiger partial charge in [-0.2, -0.15) is 0 Å². The summed E-state index contributed by atoms with van der Waals surface area (Å²) in [4.78, 5) is 43.0. The number of nitrogens with one attached hydrogen (secondary N) is 2. The van der Waals surface area contributed by atoms with E-state index >= 15 is 0 Å². The Morgan fingerprint density at radius 3 is 2.52 bits per heavy atom. The molecule has 0 radical (unpaired) electrons. The molecule has 2 N–H and O–H groups in total. The van der Waals surface area contributed by atoms with E-state index in [2.05, 4.69) is 22.5 Å². The number of piperazine rings is 1. The van der Waals surface area contributed by atoms with Crippen LogP contribution in [0.4, 0.5) is 9.93 Å². The highest BCUT2D eigenvalue weighted by Gasteiger charge is 2.23. The lowest BCUT2D eigenvalue weighted by atomic mass is 10.3. The number of nitrogens with zero attached hydrogens (tertiary/aromatic N) is 3. The topological polar surface area (TPSA) is 94.6 Å². The molecule has 0 atom stereocenters. The monoisotopic (exact) mass is 367 g/mol. The van der Waals surface area contributed by atoms with E-state index in [-0.39, 0.29) is 24.3 Å². The zero-order valence-electron chi connectivity index (χ0n) is 14.7. The minimum atomic E-state index is -0.225. The van der Waals surface area contributed by atoms with Crippen LogP contribution in [0.1, 0.15) is 32.4 Å². The number of amides is 4. The van der Waals surface area contributed by atoms with Crippen LogP contribution in [0, 0.1) is 0 Å². The molecule has 1 aliphatic rings. The van der Waals surface area contributed by atoms with E-state index in [4.69, 9.17) is 0 Å². The van der Waals surface area contributed by atoms with Crippen LogP contribution in [-0.2, 0) is 16.0 Å². The summed E-state index contributed by atoms with van der Waals surface area (Å²) >= 11 is 1.30. The van der Waals surface area contributed by atoms with Gasteiger partial charge in [-0.25, -0.2) is 9.78 Å². The first kappa shape index (κ1) is 19.2. The molecule has 1 aromatic rings. The molecule has 0 spiro atoms. The lowest BCUT2D eigenvalue weighted by Gasteiger charge is -2.33. The predicted molar refractivity (Wildman–Crippen MR) is 96.6 cm³/mol. The third-order valence-corrected chi connectivity index (χ3v) is 4.78. The molecular weight excluding hydrogens is 342 g/mol. The number of aromatic nitrogens is 1. The zero-order chi connectivity index (χ0) is 18.2. The van der Waals surface area contributed by atoms with Crippen molar-refractivity contribution >= 4 is 34.3 Å². The summed E-state index contributed by atoms with van der Waals surface area (Å²) in [5.41, 5.74) is 0.649. The number of hydrogen-bond donors (Lipinski definition) is 2. The average Bonchev–Trinajstić information content (AvgIpc) is 3.02. The highest BCUT2D eigenvalue weighted by Crippen LogP contribution is 2.17. The lowest BCUT2D eigenvalue weighted by Crippen LogP contribution is -2.51. The number of urea groups is 1. The molecule has 9 heteroatoms. The van der Waals surface area contributed by atoms with Crippen LogP contribution in [0.5, 0.6) is 0 Å². The molecule has 138 valence electrons. The Kier molecular flexibility index (Phi) is 7.17. The normalized spacial score (nSPS) is 14.3. The van der Waals surface area contributed by atoms with E-state index in [0.29, 0.717) is 43.5 Å². The van der Waals surface area contributed by atoms with Crippen LogP contribution >= 0.6 is 11.3 Å². The van der Waals surface area contributed by atoms with Gasteiger partial charge in [0.1, 0.15) is 0 Å². The zero-order valence-corrected chi connectivity index (χ0v) is 15.5. The van der Waals surface area contributed by atoms with Crippen molar-refractivity contribution in [2.75, 3.05) is 38.0 Å². The Morgan fingerprint density at radius 1 is 1.20 bits per heavy atom. The second-order valence-corrected chi connectivity index (χ2v) is 6.81. The molecule has 25 heavy (non-hydrogen) atoms. The van der Waals surface area contributed by atoms with Gasteiger partial charge in [0.2, 0.25) is 11.8 Å². The summed E-state index contributed by atoms with van der Waals surface area (Å²) in [6, 6.07) is -0.225. The smallest absolute Gasteiger partial charge is 0.323 e. The molecular formula is C16H25N5O3S. The average molecular weight is 367 g/mol. The van der Waals surface area contributed by atoms with Gasteiger partial charge in [0.25, 0.3) is 0 Å². The molecule has 0 unspecified atom stereocenters. The largest absolute Gasteiger partial charge is 0.356 e. The van der Waals surface area contributed by atoms with Crippen molar-refractivity contribution in [3.05, 3.63) is 11.1 Å².